The van der Waals surface area contributed by atoms with Gasteiger partial charge >= 0.3 is 5.97 Å². The zero-order valence-corrected chi connectivity index (χ0v) is 18.8. The molecule has 0 saturated carbocycles. The summed E-state index contributed by atoms with van der Waals surface area (Å²) in [5, 5.41) is 12.5. The third-order valence-electron chi connectivity index (χ3n) is 3.77. The molecule has 1 N–H and O–H groups in total. The van der Waals surface area contributed by atoms with E-state index < -0.39 is 11.9 Å². The van der Waals surface area contributed by atoms with E-state index in [4.69, 9.17) is 44.3 Å². The van der Waals surface area contributed by atoms with Crippen LogP contribution in [0.4, 0.5) is 5.69 Å². The number of ether oxygens (including phenoxy) is 3. The first-order chi connectivity index (χ1) is 14.8. The molecule has 0 atom stereocenters. The Kier molecular flexibility index (Phi) is 9.01. The Bertz CT molecular complexity index is 1060. The summed E-state index contributed by atoms with van der Waals surface area (Å²) in [5.74, 6) is -0.905. The van der Waals surface area contributed by atoms with Gasteiger partial charge in [0.05, 0.1) is 34.5 Å². The molecule has 0 aromatic heterocycles. The number of nitriles is 1. The van der Waals surface area contributed by atoms with Crippen molar-refractivity contribution >= 4 is 58.4 Å². The van der Waals surface area contributed by atoms with Crippen LogP contribution < -0.4 is 14.8 Å². The molecule has 0 saturated heterocycles. The molecule has 0 bridgehead atoms. The van der Waals surface area contributed by atoms with Crippen molar-refractivity contribution in [3.63, 3.8) is 0 Å². The molecule has 2 aromatic rings. The minimum atomic E-state index is -0.688. The van der Waals surface area contributed by atoms with Crippen LogP contribution in [0.1, 0.15) is 12.5 Å². The predicted octanol–water partition coefficient (Wildman–Crippen LogP) is 5.14. The first kappa shape index (κ1) is 24.4. The molecule has 0 aliphatic heterocycles. The van der Waals surface area contributed by atoms with E-state index in [1.165, 1.54) is 25.3 Å². The topological polar surface area (TPSA) is 97.6 Å². The van der Waals surface area contributed by atoms with Gasteiger partial charge in [-0.15, -0.1) is 0 Å². The maximum absolute atomic E-state index is 12.5. The molecule has 2 rings (SSSR count). The largest absolute Gasteiger partial charge is 0.490 e. The van der Waals surface area contributed by atoms with Crippen molar-refractivity contribution in [2.24, 2.45) is 0 Å². The Balaban J connectivity index is 2.34. The van der Waals surface area contributed by atoms with E-state index in [2.05, 4.69) is 10.1 Å². The second-order valence-electron chi connectivity index (χ2n) is 5.85. The van der Waals surface area contributed by atoms with E-state index in [0.717, 1.165) is 0 Å². The molecule has 2 aromatic carbocycles. The number of carbonyl (C=O) groups is 2. The van der Waals surface area contributed by atoms with E-state index in [1.54, 1.807) is 25.1 Å². The SMILES string of the molecule is CCOc1cc(/C=C(/C#N)C(=O)Nc2cccc(Cl)c2Cl)cc(Cl)c1OCC(=O)OC. The third-order valence-corrected chi connectivity index (χ3v) is 4.87. The first-order valence-corrected chi connectivity index (χ1v) is 9.97. The molecule has 0 aliphatic carbocycles. The highest BCUT2D eigenvalue weighted by atomic mass is 35.5. The first-order valence-electron chi connectivity index (χ1n) is 8.83. The zero-order valence-electron chi connectivity index (χ0n) is 16.5. The van der Waals surface area contributed by atoms with Gasteiger partial charge in [0.2, 0.25) is 0 Å². The summed E-state index contributed by atoms with van der Waals surface area (Å²) in [6.45, 7) is 1.68. The van der Waals surface area contributed by atoms with Crippen LogP contribution in [0.15, 0.2) is 35.9 Å². The molecule has 31 heavy (non-hydrogen) atoms. The molecule has 7 nitrogen and oxygen atoms in total. The molecule has 1 amide bonds. The second kappa shape index (κ2) is 11.5. The fourth-order valence-corrected chi connectivity index (χ4v) is 2.99. The number of halogens is 3. The van der Waals surface area contributed by atoms with Gasteiger partial charge in [-0.1, -0.05) is 40.9 Å². The predicted molar refractivity (Wildman–Crippen MR) is 119 cm³/mol. The molecule has 0 unspecified atom stereocenters. The minimum Gasteiger partial charge on any atom is -0.490 e. The number of benzene rings is 2. The highest BCUT2D eigenvalue weighted by molar-refractivity contribution is 6.44. The summed E-state index contributed by atoms with van der Waals surface area (Å²) in [6, 6.07) is 9.56. The number of anilines is 1. The Morgan fingerprint density at radius 3 is 2.55 bits per heavy atom. The van der Waals surface area contributed by atoms with Gasteiger partial charge in [0.25, 0.3) is 5.91 Å². The molecule has 0 spiro atoms. The molecular formula is C21H17Cl3N2O5. The Labute approximate surface area is 194 Å². The summed E-state index contributed by atoms with van der Waals surface area (Å²) in [4.78, 5) is 23.9. The fraction of sp³-hybridized carbons (Fsp3) is 0.190. The van der Waals surface area contributed by atoms with Crippen molar-refractivity contribution in [1.82, 2.24) is 0 Å². The number of rotatable bonds is 8. The number of hydrogen-bond donors (Lipinski definition) is 1. The monoisotopic (exact) mass is 482 g/mol. The van der Waals surface area contributed by atoms with Gasteiger partial charge in [0, 0.05) is 0 Å². The average Bonchev–Trinajstić information content (AvgIpc) is 2.74. The quantitative estimate of drug-likeness (QED) is 0.317. The van der Waals surface area contributed by atoms with Crippen molar-refractivity contribution in [1.29, 1.82) is 5.26 Å². The number of amides is 1. The fourth-order valence-electron chi connectivity index (χ4n) is 2.37. The lowest BCUT2D eigenvalue weighted by molar-refractivity contribution is -0.142. The van der Waals surface area contributed by atoms with Crippen LogP contribution in [0.2, 0.25) is 15.1 Å². The average molecular weight is 484 g/mol. The van der Waals surface area contributed by atoms with Crippen LogP contribution in [0.5, 0.6) is 11.5 Å². The van der Waals surface area contributed by atoms with Crippen molar-refractivity contribution in [2.75, 3.05) is 25.6 Å². The summed E-state index contributed by atoms with van der Waals surface area (Å²) >= 11 is 18.3. The number of carbonyl (C=O) groups excluding carboxylic acids is 2. The van der Waals surface area contributed by atoms with Gasteiger partial charge < -0.3 is 19.5 Å². The number of nitrogens with one attached hydrogen (secondary N) is 1. The lowest BCUT2D eigenvalue weighted by Gasteiger charge is -2.14. The van der Waals surface area contributed by atoms with Crippen molar-refractivity contribution < 1.29 is 23.8 Å². The standard InChI is InChI=1S/C21H17Cl3N2O5/c1-3-30-17-9-12(8-15(23)20(17)31-11-18(27)29-2)7-13(10-25)21(28)26-16-6-4-5-14(22)19(16)24/h4-9H,3,11H2,1-2H3,(H,26,28)/b13-7-. The van der Waals surface area contributed by atoms with Gasteiger partial charge in [0.1, 0.15) is 11.6 Å². The Morgan fingerprint density at radius 2 is 1.90 bits per heavy atom. The van der Waals surface area contributed by atoms with Gasteiger partial charge in [-0.3, -0.25) is 4.79 Å². The molecule has 0 heterocycles. The minimum absolute atomic E-state index is 0.122. The van der Waals surface area contributed by atoms with Crippen LogP contribution in [-0.4, -0.2) is 32.2 Å². The number of esters is 1. The Morgan fingerprint density at radius 1 is 1.16 bits per heavy atom. The highest BCUT2D eigenvalue weighted by Crippen LogP contribution is 2.37. The molecule has 0 radical (unpaired) electrons. The zero-order chi connectivity index (χ0) is 23.0. The van der Waals surface area contributed by atoms with Crippen LogP contribution in [0.3, 0.4) is 0 Å². The molecular weight excluding hydrogens is 467 g/mol. The summed E-state index contributed by atoms with van der Waals surface area (Å²) in [6.07, 6.45) is 1.33. The van der Waals surface area contributed by atoms with E-state index in [9.17, 15) is 14.9 Å². The second-order valence-corrected chi connectivity index (χ2v) is 7.05. The highest BCUT2D eigenvalue weighted by Gasteiger charge is 2.17. The van der Waals surface area contributed by atoms with Crippen LogP contribution >= 0.6 is 34.8 Å². The van der Waals surface area contributed by atoms with Crippen LogP contribution in [0, 0.1) is 11.3 Å². The lowest BCUT2D eigenvalue weighted by atomic mass is 10.1. The maximum Gasteiger partial charge on any atom is 0.343 e. The van der Waals surface area contributed by atoms with Crippen LogP contribution in [0.25, 0.3) is 6.08 Å². The van der Waals surface area contributed by atoms with Gasteiger partial charge in [0.15, 0.2) is 18.1 Å². The third kappa shape index (κ3) is 6.53. The molecule has 0 fully saturated rings. The summed E-state index contributed by atoms with van der Waals surface area (Å²) in [5.41, 5.74) is 0.459. The summed E-state index contributed by atoms with van der Waals surface area (Å²) < 4.78 is 15.4. The van der Waals surface area contributed by atoms with Gasteiger partial charge in [-0.05, 0) is 42.8 Å². The summed E-state index contributed by atoms with van der Waals surface area (Å²) in [7, 11) is 1.23. The van der Waals surface area contributed by atoms with E-state index in [0.29, 0.717) is 5.56 Å². The van der Waals surface area contributed by atoms with E-state index in [1.807, 2.05) is 6.07 Å². The smallest absolute Gasteiger partial charge is 0.343 e. The van der Waals surface area contributed by atoms with Crippen LogP contribution in [-0.2, 0) is 14.3 Å². The van der Waals surface area contributed by atoms with Gasteiger partial charge in [-0.25, -0.2) is 4.79 Å². The number of nitrogens with zero attached hydrogens (tertiary/aromatic N) is 1. The molecule has 0 aliphatic rings. The number of methoxy groups -OCH3 is 1. The lowest BCUT2D eigenvalue weighted by Crippen LogP contribution is -2.14. The van der Waals surface area contributed by atoms with Crippen molar-refractivity contribution in [3.8, 4) is 17.6 Å². The van der Waals surface area contributed by atoms with E-state index in [-0.39, 0.29) is 51.0 Å². The normalized spacial score (nSPS) is 10.8. The molecule has 162 valence electrons. The molecule has 10 heteroatoms. The maximum atomic E-state index is 12.5. The van der Waals surface area contributed by atoms with E-state index >= 15 is 0 Å². The Hall–Kier alpha value is -2.92. The van der Waals surface area contributed by atoms with Crippen molar-refractivity contribution in [3.05, 3.63) is 56.5 Å². The van der Waals surface area contributed by atoms with Gasteiger partial charge in [-0.2, -0.15) is 5.26 Å². The number of hydrogen-bond acceptors (Lipinski definition) is 6. The van der Waals surface area contributed by atoms with Crippen molar-refractivity contribution in [2.45, 2.75) is 6.92 Å².